The van der Waals surface area contributed by atoms with E-state index in [-0.39, 0.29) is 17.2 Å². The summed E-state index contributed by atoms with van der Waals surface area (Å²) in [5.41, 5.74) is 1.71. The minimum Gasteiger partial charge on any atom is -0.357 e. The second-order valence-electron chi connectivity index (χ2n) is 7.78. The summed E-state index contributed by atoms with van der Waals surface area (Å²) in [5, 5.41) is 0.356. The summed E-state index contributed by atoms with van der Waals surface area (Å²) in [4.78, 5) is 34.6. The number of para-hydroxylation sites is 1. The van der Waals surface area contributed by atoms with Crippen LogP contribution in [0.1, 0.15) is 24.6 Å². The highest BCUT2D eigenvalue weighted by molar-refractivity contribution is 8.15. The van der Waals surface area contributed by atoms with Gasteiger partial charge in [0.25, 0.3) is 5.24 Å². The standard InChI is InChI=1S/C24H23N3O3S/c1-30-23(17-9-3-2-4-10-17)27-22(28)21(31-24(27)29)19-12-7-15-26(19)20-14-13-16-8-5-6-11-18(16)25-20/h2-6,8-11,13-14,19,21,23H,7,12,15H2,1H3/t19-,21?,23?/m0/s1. The minimum absolute atomic E-state index is 0.0756. The zero-order valence-corrected chi connectivity index (χ0v) is 18.0. The molecular weight excluding hydrogens is 410 g/mol. The van der Waals surface area contributed by atoms with Crippen molar-refractivity contribution in [2.24, 2.45) is 0 Å². The van der Waals surface area contributed by atoms with Crippen LogP contribution >= 0.6 is 11.8 Å². The first-order valence-corrected chi connectivity index (χ1v) is 11.3. The number of methoxy groups -OCH3 is 1. The molecule has 158 valence electrons. The van der Waals surface area contributed by atoms with Gasteiger partial charge in [-0.1, -0.05) is 48.5 Å². The van der Waals surface area contributed by atoms with Crippen molar-refractivity contribution in [1.82, 2.24) is 9.88 Å². The lowest BCUT2D eigenvalue weighted by Crippen LogP contribution is -2.44. The van der Waals surface area contributed by atoms with E-state index < -0.39 is 11.5 Å². The van der Waals surface area contributed by atoms with Crippen LogP contribution < -0.4 is 4.90 Å². The Morgan fingerprint density at radius 3 is 2.61 bits per heavy atom. The second kappa shape index (κ2) is 8.32. The van der Waals surface area contributed by atoms with Crippen LogP contribution in [0.2, 0.25) is 0 Å². The maximum Gasteiger partial charge on any atom is 0.291 e. The lowest BCUT2D eigenvalue weighted by molar-refractivity contribution is -0.136. The number of fused-ring (bicyclic) bond motifs is 1. The van der Waals surface area contributed by atoms with Crippen molar-refractivity contribution >= 4 is 39.6 Å². The van der Waals surface area contributed by atoms with Gasteiger partial charge in [-0.05, 0) is 42.8 Å². The number of hydrogen-bond donors (Lipinski definition) is 0. The Balaban J connectivity index is 1.42. The number of rotatable bonds is 5. The fourth-order valence-corrected chi connectivity index (χ4v) is 5.68. The molecule has 3 atom stereocenters. The molecule has 1 aromatic heterocycles. The smallest absolute Gasteiger partial charge is 0.291 e. The Kier molecular flexibility index (Phi) is 5.38. The number of ether oxygens (including phenoxy) is 1. The van der Waals surface area contributed by atoms with Gasteiger partial charge in [-0.25, -0.2) is 9.88 Å². The van der Waals surface area contributed by atoms with Gasteiger partial charge in [0.1, 0.15) is 11.1 Å². The lowest BCUT2D eigenvalue weighted by Gasteiger charge is -2.30. The number of amides is 2. The highest BCUT2D eigenvalue weighted by Gasteiger charge is 2.50. The summed E-state index contributed by atoms with van der Waals surface area (Å²) in [5.74, 6) is 0.662. The van der Waals surface area contributed by atoms with Crippen LogP contribution in [-0.2, 0) is 9.53 Å². The van der Waals surface area contributed by atoms with Crippen molar-refractivity contribution in [2.75, 3.05) is 18.6 Å². The Hall–Kier alpha value is -2.90. The van der Waals surface area contributed by atoms with E-state index >= 15 is 0 Å². The first-order valence-electron chi connectivity index (χ1n) is 10.4. The van der Waals surface area contributed by atoms with Crippen LogP contribution in [-0.4, -0.2) is 46.0 Å². The Morgan fingerprint density at radius 1 is 1.03 bits per heavy atom. The maximum atomic E-state index is 13.4. The molecule has 2 aromatic carbocycles. The number of thioether (sulfide) groups is 1. The number of imide groups is 1. The number of carbonyl (C=O) groups excluding carboxylic acids is 2. The quantitative estimate of drug-likeness (QED) is 0.585. The van der Waals surface area contributed by atoms with E-state index in [1.807, 2.05) is 60.7 Å². The molecule has 0 bridgehead atoms. The first-order chi connectivity index (χ1) is 15.2. The molecule has 2 unspecified atom stereocenters. The number of pyridine rings is 1. The van der Waals surface area contributed by atoms with E-state index in [4.69, 9.17) is 9.72 Å². The summed E-state index contributed by atoms with van der Waals surface area (Å²) >= 11 is 1.11. The fourth-order valence-electron chi connectivity index (χ4n) is 4.51. The summed E-state index contributed by atoms with van der Waals surface area (Å²) in [6.45, 7) is 0.820. The molecule has 0 spiro atoms. The molecule has 0 N–H and O–H groups in total. The maximum absolute atomic E-state index is 13.4. The Bertz CT molecular complexity index is 1120. The highest BCUT2D eigenvalue weighted by atomic mass is 32.2. The molecule has 2 aliphatic rings. The van der Waals surface area contributed by atoms with Gasteiger partial charge in [0.2, 0.25) is 5.91 Å². The number of hydrogen-bond acceptors (Lipinski definition) is 6. The molecule has 3 heterocycles. The lowest BCUT2D eigenvalue weighted by atomic mass is 10.1. The van der Waals surface area contributed by atoms with E-state index in [0.29, 0.717) is 0 Å². The van der Waals surface area contributed by atoms with Crippen molar-refractivity contribution in [3.63, 3.8) is 0 Å². The van der Waals surface area contributed by atoms with Crippen LogP contribution in [0.3, 0.4) is 0 Å². The number of benzene rings is 2. The molecule has 2 amide bonds. The number of nitrogens with zero attached hydrogens (tertiary/aromatic N) is 3. The third-order valence-electron chi connectivity index (χ3n) is 5.97. The Morgan fingerprint density at radius 2 is 1.81 bits per heavy atom. The molecule has 2 saturated heterocycles. The van der Waals surface area contributed by atoms with Gasteiger partial charge in [0.05, 0.1) is 11.6 Å². The summed E-state index contributed by atoms with van der Waals surface area (Å²) in [6, 6.07) is 21.4. The summed E-state index contributed by atoms with van der Waals surface area (Å²) in [7, 11) is 1.52. The molecule has 6 nitrogen and oxygen atoms in total. The van der Waals surface area contributed by atoms with Crippen molar-refractivity contribution in [3.8, 4) is 0 Å². The van der Waals surface area contributed by atoms with E-state index in [9.17, 15) is 9.59 Å². The molecule has 0 aliphatic carbocycles. The van der Waals surface area contributed by atoms with Crippen molar-refractivity contribution in [3.05, 3.63) is 72.3 Å². The molecule has 2 aliphatic heterocycles. The molecule has 0 saturated carbocycles. The molecule has 0 radical (unpaired) electrons. The zero-order chi connectivity index (χ0) is 21.4. The van der Waals surface area contributed by atoms with E-state index in [1.54, 1.807) is 0 Å². The predicted molar refractivity (Wildman–Crippen MR) is 122 cm³/mol. The molecular formula is C24H23N3O3S. The first kappa shape index (κ1) is 20.0. The van der Waals surface area contributed by atoms with Gasteiger partial charge < -0.3 is 9.64 Å². The van der Waals surface area contributed by atoms with Crippen LogP contribution in [0.5, 0.6) is 0 Å². The summed E-state index contributed by atoms with van der Waals surface area (Å²) in [6.07, 6.45) is 1.10. The average molecular weight is 434 g/mol. The van der Waals surface area contributed by atoms with E-state index in [2.05, 4.69) is 11.0 Å². The van der Waals surface area contributed by atoms with E-state index in [0.717, 1.165) is 53.4 Å². The molecule has 3 aromatic rings. The zero-order valence-electron chi connectivity index (χ0n) is 17.2. The van der Waals surface area contributed by atoms with Gasteiger partial charge in [0.15, 0.2) is 6.23 Å². The SMILES string of the molecule is COC(c1ccccc1)N1C(=O)SC([C@@H]2CCCN2c2ccc3ccccc3n2)C1=O. The predicted octanol–water partition coefficient (Wildman–Crippen LogP) is 4.61. The number of anilines is 1. The van der Waals surface area contributed by atoms with Crippen LogP contribution in [0.4, 0.5) is 10.6 Å². The van der Waals surface area contributed by atoms with Crippen LogP contribution in [0.25, 0.3) is 10.9 Å². The van der Waals surface area contributed by atoms with Crippen molar-refractivity contribution < 1.29 is 14.3 Å². The van der Waals surface area contributed by atoms with Crippen LogP contribution in [0, 0.1) is 0 Å². The van der Waals surface area contributed by atoms with E-state index in [1.165, 1.54) is 12.0 Å². The molecule has 31 heavy (non-hydrogen) atoms. The molecule has 7 heteroatoms. The van der Waals surface area contributed by atoms with Crippen LogP contribution in [0.15, 0.2) is 66.7 Å². The number of carbonyl (C=O) groups is 2. The normalized spacial score (nSPS) is 22.5. The van der Waals surface area contributed by atoms with Gasteiger partial charge in [-0.3, -0.25) is 9.59 Å². The fraction of sp³-hybridized carbons (Fsp3) is 0.292. The topological polar surface area (TPSA) is 62.7 Å². The molecule has 2 fully saturated rings. The second-order valence-corrected chi connectivity index (χ2v) is 8.87. The highest BCUT2D eigenvalue weighted by Crippen LogP contribution is 2.41. The summed E-state index contributed by atoms with van der Waals surface area (Å²) < 4.78 is 5.58. The number of aromatic nitrogens is 1. The van der Waals surface area contributed by atoms with Gasteiger partial charge >= 0.3 is 0 Å². The minimum atomic E-state index is -0.715. The average Bonchev–Trinajstić information content (AvgIpc) is 3.40. The molecule has 5 rings (SSSR count). The monoisotopic (exact) mass is 433 g/mol. The Labute approximate surface area is 185 Å². The largest absolute Gasteiger partial charge is 0.357 e. The van der Waals surface area contributed by atoms with Crippen molar-refractivity contribution in [1.29, 1.82) is 0 Å². The third kappa shape index (κ3) is 3.58. The van der Waals surface area contributed by atoms with Gasteiger partial charge in [0, 0.05) is 24.6 Å². The third-order valence-corrected chi connectivity index (χ3v) is 7.14. The van der Waals surface area contributed by atoms with Gasteiger partial charge in [-0.2, -0.15) is 0 Å². The van der Waals surface area contributed by atoms with Crippen molar-refractivity contribution in [2.45, 2.75) is 30.4 Å². The van der Waals surface area contributed by atoms with Gasteiger partial charge in [-0.15, -0.1) is 0 Å².